The normalized spacial score (nSPS) is 8.44. The Bertz CT molecular complexity index is 382. The third kappa shape index (κ3) is 4.05. The molecular weight excluding hydrogens is 251 g/mol. The molecule has 1 aromatic rings. The van der Waals surface area contributed by atoms with E-state index >= 15 is 0 Å². The largest absolute Gasteiger partial charge is 0.449 e. The van der Waals surface area contributed by atoms with Gasteiger partial charge in [-0.05, 0) is 0 Å². The van der Waals surface area contributed by atoms with Crippen molar-refractivity contribution in [3.8, 4) is 12.3 Å². The fourth-order valence-electron chi connectivity index (χ4n) is 0.692. The van der Waals surface area contributed by atoms with Crippen LogP contribution in [-0.4, -0.2) is 22.5 Å². The van der Waals surface area contributed by atoms with Gasteiger partial charge in [0.15, 0.2) is 6.61 Å². The number of halogens is 2. The minimum atomic E-state index is -0.737. The second-order valence-electron chi connectivity index (χ2n) is 2.11. The van der Waals surface area contributed by atoms with Gasteiger partial charge in [0.1, 0.15) is 22.2 Å². The molecular formula is C10H10Cl2N2O2. The highest BCUT2D eigenvalue weighted by molar-refractivity contribution is 6.37. The van der Waals surface area contributed by atoms with Crippen LogP contribution in [0.3, 0.4) is 0 Å². The summed E-state index contributed by atoms with van der Waals surface area (Å²) in [5, 5.41) is -0.126. The minimum absolute atomic E-state index is 0.0629. The van der Waals surface area contributed by atoms with Crippen LogP contribution in [0.4, 0.5) is 0 Å². The van der Waals surface area contributed by atoms with Crippen LogP contribution in [-0.2, 0) is 4.74 Å². The van der Waals surface area contributed by atoms with Crippen molar-refractivity contribution in [1.82, 2.24) is 9.97 Å². The molecule has 0 unspecified atom stereocenters. The van der Waals surface area contributed by atoms with Crippen molar-refractivity contribution < 1.29 is 9.53 Å². The monoisotopic (exact) mass is 260 g/mol. The zero-order valence-electron chi connectivity index (χ0n) is 8.83. The Morgan fingerprint density at radius 1 is 1.44 bits per heavy atom. The molecule has 0 aromatic carbocycles. The van der Waals surface area contributed by atoms with E-state index in [1.807, 2.05) is 13.8 Å². The smallest absolute Gasteiger partial charge is 0.345 e. The van der Waals surface area contributed by atoms with E-state index in [1.54, 1.807) is 0 Å². The summed E-state index contributed by atoms with van der Waals surface area (Å²) >= 11 is 11.2. The lowest BCUT2D eigenvalue weighted by atomic mass is 10.3. The van der Waals surface area contributed by atoms with Crippen molar-refractivity contribution in [1.29, 1.82) is 0 Å². The van der Waals surface area contributed by atoms with Gasteiger partial charge in [0.25, 0.3) is 0 Å². The maximum absolute atomic E-state index is 11.3. The number of hydrogen-bond acceptors (Lipinski definition) is 4. The van der Waals surface area contributed by atoms with E-state index in [4.69, 9.17) is 29.6 Å². The average Bonchev–Trinajstić information content (AvgIpc) is 2.29. The predicted octanol–water partition coefficient (Wildman–Crippen LogP) is 2.60. The van der Waals surface area contributed by atoms with Crippen LogP contribution in [0.2, 0.25) is 10.3 Å². The van der Waals surface area contributed by atoms with Crippen molar-refractivity contribution in [2.75, 3.05) is 6.61 Å². The number of terminal acetylenes is 1. The fraction of sp³-hybridized carbons (Fsp3) is 0.300. The Labute approximate surface area is 104 Å². The average molecular weight is 261 g/mol. The number of rotatable bonds is 2. The molecule has 0 saturated heterocycles. The Kier molecular flexibility index (Phi) is 7.27. The van der Waals surface area contributed by atoms with Crippen molar-refractivity contribution in [2.24, 2.45) is 0 Å². The lowest BCUT2D eigenvalue weighted by molar-refractivity contribution is 0.0556. The molecule has 0 atom stereocenters. The lowest BCUT2D eigenvalue weighted by Crippen LogP contribution is -2.08. The minimum Gasteiger partial charge on any atom is -0.449 e. The number of aromatic nitrogens is 2. The number of carbonyl (C=O) groups excluding carboxylic acids is 1. The quantitative estimate of drug-likeness (QED) is 0.466. The molecule has 0 N–H and O–H groups in total. The molecule has 16 heavy (non-hydrogen) atoms. The van der Waals surface area contributed by atoms with Gasteiger partial charge in [0.2, 0.25) is 0 Å². The molecule has 4 nitrogen and oxygen atoms in total. The molecule has 86 valence electrons. The maximum Gasteiger partial charge on any atom is 0.345 e. The van der Waals surface area contributed by atoms with Gasteiger partial charge in [-0.3, -0.25) is 0 Å². The number of ether oxygens (including phenoxy) is 1. The molecule has 0 fully saturated rings. The van der Waals surface area contributed by atoms with E-state index in [0.717, 1.165) is 6.33 Å². The summed E-state index contributed by atoms with van der Waals surface area (Å²) in [6, 6.07) is 0. The van der Waals surface area contributed by atoms with Crippen molar-refractivity contribution in [3.63, 3.8) is 0 Å². The lowest BCUT2D eigenvalue weighted by Gasteiger charge is -2.03. The van der Waals surface area contributed by atoms with Gasteiger partial charge in [0.05, 0.1) is 0 Å². The van der Waals surface area contributed by atoms with Gasteiger partial charge in [-0.25, -0.2) is 14.8 Å². The summed E-state index contributed by atoms with van der Waals surface area (Å²) in [6.45, 7) is 3.85. The molecule has 1 rings (SSSR count). The SMILES string of the molecule is C#CCOC(=O)c1c(Cl)ncnc1Cl.CC. The predicted molar refractivity (Wildman–Crippen MR) is 62.5 cm³/mol. The molecule has 0 amide bonds. The molecule has 0 saturated carbocycles. The van der Waals surface area contributed by atoms with E-state index in [0.29, 0.717) is 0 Å². The highest BCUT2D eigenvalue weighted by Crippen LogP contribution is 2.20. The third-order valence-corrected chi connectivity index (χ3v) is 1.82. The molecule has 0 aliphatic carbocycles. The van der Waals surface area contributed by atoms with Crippen LogP contribution < -0.4 is 0 Å². The molecule has 0 radical (unpaired) electrons. The van der Waals surface area contributed by atoms with E-state index < -0.39 is 5.97 Å². The summed E-state index contributed by atoms with van der Waals surface area (Å²) in [7, 11) is 0. The molecule has 1 aromatic heterocycles. The first-order valence-electron chi connectivity index (χ1n) is 4.43. The van der Waals surface area contributed by atoms with E-state index in [-0.39, 0.29) is 22.5 Å². The number of hydrogen-bond donors (Lipinski definition) is 0. The van der Waals surface area contributed by atoms with Gasteiger partial charge in [-0.15, -0.1) is 6.42 Å². The summed E-state index contributed by atoms with van der Waals surface area (Å²) in [6.07, 6.45) is 6.05. The number of nitrogens with zero attached hydrogens (tertiary/aromatic N) is 2. The first kappa shape index (κ1) is 14.7. The highest BCUT2D eigenvalue weighted by Gasteiger charge is 2.17. The van der Waals surface area contributed by atoms with Crippen LogP contribution in [0.25, 0.3) is 0 Å². The Hall–Kier alpha value is -1.31. The summed E-state index contributed by atoms with van der Waals surface area (Å²) < 4.78 is 4.61. The molecule has 6 heteroatoms. The second-order valence-corrected chi connectivity index (χ2v) is 2.83. The topological polar surface area (TPSA) is 52.1 Å². The second kappa shape index (κ2) is 7.91. The van der Waals surface area contributed by atoms with E-state index in [1.165, 1.54) is 0 Å². The zero-order chi connectivity index (χ0) is 12.6. The molecule has 0 aliphatic rings. The van der Waals surface area contributed by atoms with Crippen LogP contribution in [0.15, 0.2) is 6.33 Å². The van der Waals surface area contributed by atoms with Gasteiger partial charge in [0, 0.05) is 0 Å². The first-order valence-corrected chi connectivity index (χ1v) is 5.19. The highest BCUT2D eigenvalue weighted by atomic mass is 35.5. The van der Waals surface area contributed by atoms with Crippen molar-refractivity contribution >= 4 is 29.2 Å². The number of carbonyl (C=O) groups is 1. The maximum atomic E-state index is 11.3. The Morgan fingerprint density at radius 3 is 2.38 bits per heavy atom. The van der Waals surface area contributed by atoms with Crippen LogP contribution in [0.5, 0.6) is 0 Å². The molecule has 0 aliphatic heterocycles. The fourth-order valence-corrected chi connectivity index (χ4v) is 1.16. The van der Waals surface area contributed by atoms with Gasteiger partial charge in [-0.2, -0.15) is 0 Å². The molecule has 0 spiro atoms. The van der Waals surface area contributed by atoms with Crippen molar-refractivity contribution in [2.45, 2.75) is 13.8 Å². The molecule has 1 heterocycles. The summed E-state index contributed by atoms with van der Waals surface area (Å²) in [5.74, 6) is 1.40. The summed E-state index contributed by atoms with van der Waals surface area (Å²) in [5.41, 5.74) is -0.0777. The van der Waals surface area contributed by atoms with Crippen LogP contribution >= 0.6 is 23.2 Å². The van der Waals surface area contributed by atoms with Crippen molar-refractivity contribution in [3.05, 3.63) is 22.2 Å². The van der Waals surface area contributed by atoms with E-state index in [2.05, 4.69) is 20.6 Å². The van der Waals surface area contributed by atoms with Crippen LogP contribution in [0, 0.1) is 12.3 Å². The van der Waals surface area contributed by atoms with E-state index in [9.17, 15) is 4.79 Å². The van der Waals surface area contributed by atoms with Gasteiger partial charge >= 0.3 is 5.97 Å². The van der Waals surface area contributed by atoms with Gasteiger partial charge < -0.3 is 4.74 Å². The zero-order valence-corrected chi connectivity index (χ0v) is 10.3. The van der Waals surface area contributed by atoms with Crippen LogP contribution in [0.1, 0.15) is 24.2 Å². The Balaban J connectivity index is 0.00000106. The molecule has 0 bridgehead atoms. The third-order valence-electron chi connectivity index (χ3n) is 1.25. The standard InChI is InChI=1S/C8H4Cl2N2O2.C2H6/c1-2-3-14-8(13)5-6(9)11-4-12-7(5)10;1-2/h1,4H,3H2;1-2H3. The number of esters is 1. The first-order chi connectivity index (χ1) is 7.66. The summed E-state index contributed by atoms with van der Waals surface area (Å²) in [4.78, 5) is 18.5. The Morgan fingerprint density at radius 2 is 1.94 bits per heavy atom. The van der Waals surface area contributed by atoms with Gasteiger partial charge in [-0.1, -0.05) is 43.0 Å².